The van der Waals surface area contributed by atoms with E-state index in [0.29, 0.717) is 31.8 Å². The van der Waals surface area contributed by atoms with E-state index in [2.05, 4.69) is 46.4 Å². The summed E-state index contributed by atoms with van der Waals surface area (Å²) in [5.41, 5.74) is 0.130. The van der Waals surface area contributed by atoms with Crippen LogP contribution in [0.3, 0.4) is 0 Å². The zero-order chi connectivity index (χ0) is 20.9. The lowest BCUT2D eigenvalue weighted by atomic mass is 9.91. The van der Waals surface area contributed by atoms with E-state index in [1.807, 2.05) is 7.05 Å². The largest absolute Gasteiger partial charge is 0.378 e. The molecule has 1 amide bonds. The number of carbonyl (C=O) groups excluding carboxylic acids is 1. The zero-order valence-corrected chi connectivity index (χ0v) is 19.1. The first kappa shape index (κ1) is 23.6. The maximum atomic E-state index is 12.2. The molecule has 2 fully saturated rings. The molecule has 28 heavy (non-hydrogen) atoms. The maximum absolute atomic E-state index is 12.2. The van der Waals surface area contributed by atoms with Crippen LogP contribution in [0.25, 0.3) is 0 Å². The van der Waals surface area contributed by atoms with E-state index < -0.39 is 0 Å². The minimum Gasteiger partial charge on any atom is -0.378 e. The first-order valence-electron chi connectivity index (χ1n) is 10.8. The Bertz CT molecular complexity index is 486. The zero-order valence-electron chi connectivity index (χ0n) is 19.1. The van der Waals surface area contributed by atoms with Crippen LogP contribution in [0.15, 0.2) is 0 Å². The average Bonchev–Trinajstić information content (AvgIpc) is 2.47. The van der Waals surface area contributed by atoms with Gasteiger partial charge in [0.15, 0.2) is 0 Å². The molecule has 0 aromatic carbocycles. The molecule has 0 bridgehead atoms. The number of rotatable bonds is 10. The molecule has 0 spiro atoms. The summed E-state index contributed by atoms with van der Waals surface area (Å²) in [4.78, 5) is 16.4. The van der Waals surface area contributed by atoms with E-state index in [0.717, 1.165) is 38.9 Å². The second-order valence-corrected chi connectivity index (χ2v) is 10.3. The third-order valence-electron chi connectivity index (χ3n) is 5.46. The van der Waals surface area contributed by atoms with Crippen LogP contribution in [0, 0.1) is 0 Å². The van der Waals surface area contributed by atoms with Crippen LogP contribution in [0.1, 0.15) is 67.2 Å². The highest BCUT2D eigenvalue weighted by Gasteiger charge is 2.35. The highest BCUT2D eigenvalue weighted by Crippen LogP contribution is 2.30. The summed E-state index contributed by atoms with van der Waals surface area (Å²) >= 11 is 0. The van der Waals surface area contributed by atoms with Crippen molar-refractivity contribution in [2.24, 2.45) is 0 Å². The lowest BCUT2D eigenvalue weighted by molar-refractivity contribution is -0.149. The Labute approximate surface area is 171 Å². The summed E-state index contributed by atoms with van der Waals surface area (Å²) in [5.74, 6) is 0.147. The number of likely N-dealkylation sites (tertiary alicyclic amines) is 1. The minimum atomic E-state index is -0.0764. The first-order valence-corrected chi connectivity index (χ1v) is 10.8. The van der Waals surface area contributed by atoms with Gasteiger partial charge in [-0.1, -0.05) is 0 Å². The predicted molar refractivity (Wildman–Crippen MR) is 112 cm³/mol. The molecule has 6 nitrogen and oxygen atoms in total. The van der Waals surface area contributed by atoms with Crippen molar-refractivity contribution < 1.29 is 19.0 Å². The van der Waals surface area contributed by atoms with Crippen molar-refractivity contribution in [2.45, 2.75) is 96.7 Å². The number of nitrogens with zero attached hydrogens (tertiary/aromatic N) is 2. The molecule has 0 aromatic rings. The fraction of sp³-hybridized carbons (Fsp3) is 0.955. The van der Waals surface area contributed by atoms with Crippen LogP contribution in [0.5, 0.6) is 0 Å². The molecule has 1 saturated carbocycles. The highest BCUT2D eigenvalue weighted by atomic mass is 16.5. The third-order valence-corrected chi connectivity index (χ3v) is 5.46. The lowest BCUT2D eigenvalue weighted by Crippen LogP contribution is -2.59. The SMILES string of the molecule is CN(CCCOC1CC(OC(C)(C)C)C1)C(=O)CCOC1CN(C(C)(C)C)C1. The monoisotopic (exact) mass is 398 g/mol. The number of amides is 1. The van der Waals surface area contributed by atoms with Gasteiger partial charge in [-0.25, -0.2) is 0 Å². The van der Waals surface area contributed by atoms with Gasteiger partial charge >= 0.3 is 0 Å². The predicted octanol–water partition coefficient (Wildman–Crippen LogP) is 3.09. The summed E-state index contributed by atoms with van der Waals surface area (Å²) in [5, 5.41) is 0. The summed E-state index contributed by atoms with van der Waals surface area (Å²) in [6, 6.07) is 0. The number of hydrogen-bond donors (Lipinski definition) is 0. The first-order chi connectivity index (χ1) is 12.9. The van der Waals surface area contributed by atoms with E-state index >= 15 is 0 Å². The third kappa shape index (κ3) is 7.97. The van der Waals surface area contributed by atoms with Gasteiger partial charge in [-0.2, -0.15) is 0 Å². The molecule has 0 unspecified atom stereocenters. The normalized spacial score (nSPS) is 24.0. The Balaban J connectivity index is 1.44. The van der Waals surface area contributed by atoms with E-state index in [4.69, 9.17) is 14.2 Å². The number of hydrogen-bond acceptors (Lipinski definition) is 5. The van der Waals surface area contributed by atoms with E-state index in [9.17, 15) is 4.79 Å². The van der Waals surface area contributed by atoms with Crippen LogP contribution in [-0.2, 0) is 19.0 Å². The Morgan fingerprint density at radius 3 is 2.14 bits per heavy atom. The van der Waals surface area contributed by atoms with Crippen LogP contribution >= 0.6 is 0 Å². The van der Waals surface area contributed by atoms with Crippen molar-refractivity contribution in [3.05, 3.63) is 0 Å². The summed E-state index contributed by atoms with van der Waals surface area (Å²) in [6.45, 7) is 16.8. The molecule has 0 atom stereocenters. The molecular formula is C22H42N2O4. The Morgan fingerprint density at radius 2 is 1.57 bits per heavy atom. The van der Waals surface area contributed by atoms with Gasteiger partial charge in [0.05, 0.1) is 36.9 Å². The van der Waals surface area contributed by atoms with Crippen LogP contribution in [-0.4, -0.2) is 85.1 Å². The van der Waals surface area contributed by atoms with Gasteiger partial charge in [0.1, 0.15) is 0 Å². The smallest absolute Gasteiger partial charge is 0.224 e. The molecule has 1 heterocycles. The van der Waals surface area contributed by atoms with Gasteiger partial charge in [-0.3, -0.25) is 9.69 Å². The van der Waals surface area contributed by atoms with Crippen molar-refractivity contribution in [2.75, 3.05) is 39.9 Å². The molecule has 2 rings (SSSR count). The average molecular weight is 399 g/mol. The van der Waals surface area contributed by atoms with Gasteiger partial charge in [-0.15, -0.1) is 0 Å². The summed E-state index contributed by atoms with van der Waals surface area (Å²) in [7, 11) is 1.86. The Hall–Kier alpha value is -0.690. The minimum absolute atomic E-state index is 0.0764. The van der Waals surface area contributed by atoms with E-state index in [1.54, 1.807) is 4.90 Å². The molecule has 0 radical (unpaired) electrons. The van der Waals surface area contributed by atoms with E-state index in [-0.39, 0.29) is 23.2 Å². The second-order valence-electron chi connectivity index (χ2n) is 10.3. The summed E-state index contributed by atoms with van der Waals surface area (Å²) in [6.07, 6.45) is 4.22. The second kappa shape index (κ2) is 9.88. The van der Waals surface area contributed by atoms with Crippen LogP contribution < -0.4 is 0 Å². The van der Waals surface area contributed by atoms with Gasteiger partial charge in [0.25, 0.3) is 0 Å². The van der Waals surface area contributed by atoms with Crippen molar-refractivity contribution in [1.29, 1.82) is 0 Å². The molecule has 1 aliphatic carbocycles. The Morgan fingerprint density at radius 1 is 0.964 bits per heavy atom. The molecule has 0 aromatic heterocycles. The van der Waals surface area contributed by atoms with Gasteiger partial charge in [-0.05, 0) is 60.8 Å². The van der Waals surface area contributed by atoms with Crippen molar-refractivity contribution >= 4 is 5.91 Å². The number of ether oxygens (including phenoxy) is 3. The van der Waals surface area contributed by atoms with Gasteiger partial charge in [0.2, 0.25) is 5.91 Å². The standard InChI is InChI=1S/C22H42N2O4/c1-21(2,3)24-15-19(16-24)27-12-9-20(25)23(7)10-8-11-26-17-13-18(14-17)28-22(4,5)6/h17-19H,8-16H2,1-7H3. The van der Waals surface area contributed by atoms with Crippen LogP contribution in [0.4, 0.5) is 0 Å². The highest BCUT2D eigenvalue weighted by molar-refractivity contribution is 5.75. The molecular weight excluding hydrogens is 356 g/mol. The Kier molecular flexibility index (Phi) is 8.32. The summed E-state index contributed by atoms with van der Waals surface area (Å²) < 4.78 is 17.6. The maximum Gasteiger partial charge on any atom is 0.224 e. The van der Waals surface area contributed by atoms with Gasteiger partial charge < -0.3 is 19.1 Å². The van der Waals surface area contributed by atoms with Crippen molar-refractivity contribution in [3.8, 4) is 0 Å². The molecule has 0 N–H and O–H groups in total. The van der Waals surface area contributed by atoms with Crippen LogP contribution in [0.2, 0.25) is 0 Å². The van der Waals surface area contributed by atoms with Gasteiger partial charge in [0, 0.05) is 38.8 Å². The molecule has 6 heteroatoms. The topological polar surface area (TPSA) is 51.2 Å². The fourth-order valence-corrected chi connectivity index (χ4v) is 3.52. The molecule has 1 aliphatic heterocycles. The molecule has 2 aliphatic rings. The molecule has 1 saturated heterocycles. The van der Waals surface area contributed by atoms with E-state index in [1.165, 1.54) is 0 Å². The number of carbonyl (C=O) groups is 1. The van der Waals surface area contributed by atoms with Crippen molar-refractivity contribution in [1.82, 2.24) is 9.80 Å². The molecule has 164 valence electrons. The quantitative estimate of drug-likeness (QED) is 0.529. The van der Waals surface area contributed by atoms with Crippen molar-refractivity contribution in [3.63, 3.8) is 0 Å². The fourth-order valence-electron chi connectivity index (χ4n) is 3.52. The lowest BCUT2D eigenvalue weighted by Gasteiger charge is -2.47.